The van der Waals surface area contributed by atoms with Gasteiger partial charge in [-0.05, 0) is 37.5 Å². The molecule has 0 radical (unpaired) electrons. The van der Waals surface area contributed by atoms with Gasteiger partial charge in [-0.25, -0.2) is 0 Å². The van der Waals surface area contributed by atoms with Crippen molar-refractivity contribution in [1.29, 1.82) is 0 Å². The van der Waals surface area contributed by atoms with Crippen molar-refractivity contribution in [3.63, 3.8) is 0 Å². The molecule has 0 amide bonds. The van der Waals surface area contributed by atoms with Gasteiger partial charge in [0.1, 0.15) is 0 Å². The summed E-state index contributed by atoms with van der Waals surface area (Å²) in [5.41, 5.74) is 0.276. The summed E-state index contributed by atoms with van der Waals surface area (Å²) < 4.78 is 0.846. The minimum Gasteiger partial charge on any atom is -0.504 e. The molecule has 0 aliphatic heterocycles. The van der Waals surface area contributed by atoms with E-state index >= 15 is 0 Å². The first kappa shape index (κ1) is 16.4. The van der Waals surface area contributed by atoms with Gasteiger partial charge >= 0.3 is 0 Å². The molecule has 0 aliphatic carbocycles. The molecule has 0 fully saturated rings. The minimum atomic E-state index is -0.977. The molecule has 0 saturated heterocycles. The summed E-state index contributed by atoms with van der Waals surface area (Å²) in [6, 6.07) is 14.7. The van der Waals surface area contributed by atoms with Crippen LogP contribution in [0.25, 0.3) is 32.7 Å². The first-order chi connectivity index (χ1) is 12.4. The molecule has 0 atom stereocenters. The first-order valence-corrected chi connectivity index (χ1v) is 8.50. The third-order valence-corrected chi connectivity index (χ3v) is 5.34. The van der Waals surface area contributed by atoms with E-state index in [0.29, 0.717) is 16.3 Å². The van der Waals surface area contributed by atoms with E-state index in [4.69, 9.17) is 0 Å². The zero-order chi connectivity index (χ0) is 18.6. The lowest BCUT2D eigenvalue weighted by Gasteiger charge is -2.18. The number of hydrogen-bond donors (Lipinski definition) is 5. The topological polar surface area (TPSA) is 101 Å². The van der Waals surface area contributed by atoms with Gasteiger partial charge in [0.15, 0.2) is 11.5 Å². The first-order valence-electron chi connectivity index (χ1n) is 7.71. The van der Waals surface area contributed by atoms with Crippen LogP contribution in [0.3, 0.4) is 0 Å². The summed E-state index contributed by atoms with van der Waals surface area (Å²) in [5.74, 6) is -4.20. The Balaban J connectivity index is 2.32. The van der Waals surface area contributed by atoms with E-state index in [1.165, 1.54) is 0 Å². The van der Waals surface area contributed by atoms with Gasteiger partial charge in [0.2, 0.25) is 17.2 Å². The fourth-order valence-electron chi connectivity index (χ4n) is 3.27. The van der Waals surface area contributed by atoms with Crippen molar-refractivity contribution >= 4 is 37.5 Å². The Morgan fingerprint density at radius 3 is 1.23 bits per heavy atom. The molecule has 0 aromatic heterocycles. The molecule has 130 valence electrons. The molecule has 0 spiro atoms. The van der Waals surface area contributed by atoms with Crippen LogP contribution in [0.2, 0.25) is 0 Å². The quantitative estimate of drug-likeness (QED) is 0.173. The molecule has 4 rings (SSSR count). The maximum Gasteiger partial charge on any atom is 0.208 e. The molecule has 26 heavy (non-hydrogen) atoms. The maximum absolute atomic E-state index is 10.4. The standard InChI is InChI=1S/C20H13BrO5/c21-15-11-7-3-1-5-9(11)13(10-6-2-4-8-12(10)15)14-16(22)18(24)20(26)19(25)17(14)23/h1-8,22-26H. The second-order valence-electron chi connectivity index (χ2n) is 5.90. The molecule has 0 bridgehead atoms. The van der Waals surface area contributed by atoms with Crippen molar-refractivity contribution in [3.8, 4) is 39.9 Å². The van der Waals surface area contributed by atoms with Gasteiger partial charge in [-0.15, -0.1) is 0 Å². The lowest BCUT2D eigenvalue weighted by atomic mass is 9.90. The minimum absolute atomic E-state index is 0.155. The highest BCUT2D eigenvalue weighted by atomic mass is 79.9. The van der Waals surface area contributed by atoms with Gasteiger partial charge in [-0.2, -0.15) is 0 Å². The molecular weight excluding hydrogens is 400 g/mol. The monoisotopic (exact) mass is 412 g/mol. The molecule has 5 nitrogen and oxygen atoms in total. The van der Waals surface area contributed by atoms with Crippen molar-refractivity contribution < 1.29 is 25.5 Å². The lowest BCUT2D eigenvalue weighted by Crippen LogP contribution is -1.90. The van der Waals surface area contributed by atoms with Crippen LogP contribution in [0.4, 0.5) is 0 Å². The Morgan fingerprint density at radius 1 is 0.462 bits per heavy atom. The fraction of sp³-hybridized carbons (Fsp3) is 0. The van der Waals surface area contributed by atoms with E-state index in [1.54, 1.807) is 12.1 Å². The van der Waals surface area contributed by atoms with E-state index in [1.807, 2.05) is 36.4 Å². The molecule has 5 N–H and O–H groups in total. The van der Waals surface area contributed by atoms with Crippen molar-refractivity contribution in [1.82, 2.24) is 0 Å². The van der Waals surface area contributed by atoms with Gasteiger partial charge in [0.25, 0.3) is 0 Å². The van der Waals surface area contributed by atoms with Crippen LogP contribution in [0.15, 0.2) is 53.0 Å². The number of rotatable bonds is 1. The summed E-state index contributed by atoms with van der Waals surface area (Å²) in [6.07, 6.45) is 0. The van der Waals surface area contributed by atoms with Crippen LogP contribution >= 0.6 is 15.9 Å². The molecular formula is C20H13BrO5. The van der Waals surface area contributed by atoms with Crippen LogP contribution in [-0.4, -0.2) is 25.5 Å². The van der Waals surface area contributed by atoms with Gasteiger partial charge in [0, 0.05) is 10.0 Å². The van der Waals surface area contributed by atoms with Crippen LogP contribution < -0.4 is 0 Å². The maximum atomic E-state index is 10.4. The number of phenols is 5. The largest absolute Gasteiger partial charge is 0.504 e. The highest BCUT2D eigenvalue weighted by molar-refractivity contribution is 9.10. The summed E-state index contributed by atoms with van der Waals surface area (Å²) in [5, 5.41) is 53.5. The van der Waals surface area contributed by atoms with Gasteiger partial charge in [0.05, 0.1) is 5.56 Å². The number of benzene rings is 4. The van der Waals surface area contributed by atoms with E-state index < -0.39 is 28.7 Å². The average Bonchev–Trinajstić information content (AvgIpc) is 2.67. The summed E-state index contributed by atoms with van der Waals surface area (Å²) >= 11 is 3.60. The van der Waals surface area contributed by atoms with Gasteiger partial charge in [-0.3, -0.25) is 0 Å². The Bertz CT molecular complexity index is 1110. The second-order valence-corrected chi connectivity index (χ2v) is 6.69. The number of aromatic hydroxyl groups is 5. The van der Waals surface area contributed by atoms with Crippen molar-refractivity contribution in [3.05, 3.63) is 53.0 Å². The highest BCUT2D eigenvalue weighted by Gasteiger charge is 2.27. The number of halogens is 1. The highest BCUT2D eigenvalue weighted by Crippen LogP contribution is 2.57. The molecule has 4 aromatic rings. The van der Waals surface area contributed by atoms with Crippen molar-refractivity contribution in [2.75, 3.05) is 0 Å². The molecule has 6 heteroatoms. The fourth-order valence-corrected chi connectivity index (χ4v) is 3.96. The predicted molar refractivity (Wildman–Crippen MR) is 103 cm³/mol. The molecule has 0 saturated carbocycles. The third kappa shape index (κ3) is 2.09. The van der Waals surface area contributed by atoms with Gasteiger partial charge < -0.3 is 25.5 Å². The molecule has 4 aromatic carbocycles. The zero-order valence-corrected chi connectivity index (χ0v) is 14.8. The van der Waals surface area contributed by atoms with Gasteiger partial charge in [-0.1, -0.05) is 48.5 Å². The summed E-state index contributed by atoms with van der Waals surface area (Å²) in [4.78, 5) is 0. The van der Waals surface area contributed by atoms with E-state index in [9.17, 15) is 25.5 Å². The zero-order valence-electron chi connectivity index (χ0n) is 13.2. The Morgan fingerprint density at radius 2 is 0.808 bits per heavy atom. The average molecular weight is 413 g/mol. The van der Waals surface area contributed by atoms with Crippen molar-refractivity contribution in [2.45, 2.75) is 0 Å². The number of fused-ring (bicyclic) bond motifs is 2. The molecule has 0 aliphatic rings. The van der Waals surface area contributed by atoms with Crippen LogP contribution in [0.5, 0.6) is 28.7 Å². The third-order valence-electron chi connectivity index (χ3n) is 4.49. The molecule has 0 unspecified atom stereocenters. The van der Waals surface area contributed by atoms with Crippen molar-refractivity contribution in [2.24, 2.45) is 0 Å². The van der Waals surface area contributed by atoms with Crippen LogP contribution in [-0.2, 0) is 0 Å². The van der Waals surface area contributed by atoms with Crippen LogP contribution in [0, 0.1) is 0 Å². The van der Waals surface area contributed by atoms with E-state index in [0.717, 1.165) is 15.2 Å². The van der Waals surface area contributed by atoms with Crippen LogP contribution in [0.1, 0.15) is 0 Å². The summed E-state index contributed by atoms with van der Waals surface area (Å²) in [6.45, 7) is 0. The normalized spacial score (nSPS) is 11.3. The smallest absolute Gasteiger partial charge is 0.208 e. The Kier molecular flexibility index (Phi) is 3.59. The number of phenolic OH excluding ortho intramolecular Hbond substituents is 5. The lowest BCUT2D eigenvalue weighted by molar-refractivity contribution is 0.330. The van der Waals surface area contributed by atoms with E-state index in [2.05, 4.69) is 15.9 Å². The second kappa shape index (κ2) is 5.71. The SMILES string of the molecule is Oc1c(O)c(O)c(-c2c3ccccc3c(Br)c3ccccc23)c(O)c1O. The number of hydrogen-bond acceptors (Lipinski definition) is 5. The van der Waals surface area contributed by atoms with E-state index in [-0.39, 0.29) is 5.56 Å². The Labute approximate surface area is 156 Å². The Hall–Kier alpha value is -3.12. The summed E-state index contributed by atoms with van der Waals surface area (Å²) in [7, 11) is 0. The molecule has 0 heterocycles. The predicted octanol–water partition coefficient (Wildman–Crippen LogP) is 4.95.